The molecule has 1 atom stereocenters. The molecule has 0 radical (unpaired) electrons. The first-order valence-corrected chi connectivity index (χ1v) is 5.41. The van der Waals surface area contributed by atoms with E-state index in [1.54, 1.807) is 12.1 Å². The lowest BCUT2D eigenvalue weighted by Gasteiger charge is -2.07. The smallest absolute Gasteiger partial charge is 0.337 e. The Kier molecular flexibility index (Phi) is 3.80. The Morgan fingerprint density at radius 1 is 1.57 bits per heavy atom. The lowest BCUT2D eigenvalue weighted by Crippen LogP contribution is -2.10. The molecule has 76 valence electrons. The van der Waals surface area contributed by atoms with Crippen molar-refractivity contribution in [3.63, 3.8) is 0 Å². The van der Waals surface area contributed by atoms with E-state index < -0.39 is 12.1 Å². The fraction of sp³-hybridized carbons (Fsp3) is 0.222. The van der Waals surface area contributed by atoms with Crippen molar-refractivity contribution in [1.29, 1.82) is 0 Å². The molecule has 0 saturated heterocycles. The van der Waals surface area contributed by atoms with E-state index in [0.29, 0.717) is 10.6 Å². The third-order valence-electron chi connectivity index (χ3n) is 1.73. The standard InChI is InChI=1S/C9H9ClO3S/c1-14-7-3-2-5(4-6(7)10)8(11)9(12)13/h2-4,8,11H,1H3,(H,12,13). The Labute approximate surface area is 90.7 Å². The van der Waals surface area contributed by atoms with Crippen LogP contribution in [0.5, 0.6) is 0 Å². The molecule has 0 aliphatic carbocycles. The maximum atomic E-state index is 10.5. The molecule has 2 N–H and O–H groups in total. The van der Waals surface area contributed by atoms with E-state index in [9.17, 15) is 9.90 Å². The van der Waals surface area contributed by atoms with Crippen LogP contribution in [-0.2, 0) is 4.79 Å². The van der Waals surface area contributed by atoms with Crippen molar-refractivity contribution in [3.05, 3.63) is 28.8 Å². The summed E-state index contributed by atoms with van der Waals surface area (Å²) in [4.78, 5) is 11.3. The highest BCUT2D eigenvalue weighted by molar-refractivity contribution is 7.98. The summed E-state index contributed by atoms with van der Waals surface area (Å²) in [6.07, 6.45) is 0.359. The predicted molar refractivity (Wildman–Crippen MR) is 55.8 cm³/mol. The molecule has 1 unspecified atom stereocenters. The Bertz CT molecular complexity index is 354. The predicted octanol–water partition coefficient (Wildman–Crippen LogP) is 2.18. The summed E-state index contributed by atoms with van der Waals surface area (Å²) in [5.41, 5.74) is 0.292. The summed E-state index contributed by atoms with van der Waals surface area (Å²) in [5, 5.41) is 18.2. The van der Waals surface area contributed by atoms with E-state index in [0.717, 1.165) is 4.90 Å². The molecule has 0 saturated carbocycles. The minimum Gasteiger partial charge on any atom is -0.479 e. The number of carboxylic acid groups (broad SMARTS) is 1. The fourth-order valence-corrected chi connectivity index (χ4v) is 1.87. The highest BCUT2D eigenvalue weighted by atomic mass is 35.5. The second-order valence-corrected chi connectivity index (χ2v) is 3.89. The lowest BCUT2D eigenvalue weighted by atomic mass is 10.1. The van der Waals surface area contributed by atoms with Crippen LogP contribution in [0.4, 0.5) is 0 Å². The number of hydrogen-bond acceptors (Lipinski definition) is 3. The van der Waals surface area contributed by atoms with Gasteiger partial charge in [-0.1, -0.05) is 17.7 Å². The van der Waals surface area contributed by atoms with Crippen LogP contribution in [0.25, 0.3) is 0 Å². The lowest BCUT2D eigenvalue weighted by molar-refractivity contribution is -0.146. The molecule has 1 rings (SSSR count). The van der Waals surface area contributed by atoms with Crippen LogP contribution in [0.15, 0.2) is 23.1 Å². The maximum Gasteiger partial charge on any atom is 0.337 e. The van der Waals surface area contributed by atoms with Crippen molar-refractivity contribution in [2.75, 3.05) is 6.26 Å². The number of benzene rings is 1. The van der Waals surface area contributed by atoms with Crippen molar-refractivity contribution in [3.8, 4) is 0 Å². The van der Waals surface area contributed by atoms with Gasteiger partial charge < -0.3 is 10.2 Å². The zero-order valence-corrected chi connectivity index (χ0v) is 8.97. The summed E-state index contributed by atoms with van der Waals surface area (Å²) in [6.45, 7) is 0. The minimum atomic E-state index is -1.51. The number of rotatable bonds is 3. The van der Waals surface area contributed by atoms with Gasteiger partial charge in [0.15, 0.2) is 6.10 Å². The first-order chi connectivity index (χ1) is 6.56. The normalized spacial score (nSPS) is 12.5. The summed E-state index contributed by atoms with van der Waals surface area (Å²) in [5.74, 6) is -1.28. The topological polar surface area (TPSA) is 57.5 Å². The number of aliphatic hydroxyl groups is 1. The first kappa shape index (κ1) is 11.4. The van der Waals surface area contributed by atoms with Crippen molar-refractivity contribution in [1.82, 2.24) is 0 Å². The van der Waals surface area contributed by atoms with Crippen LogP contribution in [0.3, 0.4) is 0 Å². The van der Waals surface area contributed by atoms with Gasteiger partial charge in [-0.25, -0.2) is 4.79 Å². The molecule has 5 heteroatoms. The van der Waals surface area contributed by atoms with E-state index in [2.05, 4.69) is 0 Å². The third-order valence-corrected chi connectivity index (χ3v) is 2.95. The van der Waals surface area contributed by atoms with E-state index >= 15 is 0 Å². The Morgan fingerprint density at radius 3 is 2.64 bits per heavy atom. The van der Waals surface area contributed by atoms with Gasteiger partial charge in [-0.3, -0.25) is 0 Å². The second-order valence-electron chi connectivity index (χ2n) is 2.63. The second kappa shape index (κ2) is 4.68. The zero-order valence-electron chi connectivity index (χ0n) is 7.40. The zero-order chi connectivity index (χ0) is 10.7. The van der Waals surface area contributed by atoms with E-state index in [4.69, 9.17) is 16.7 Å². The molecule has 0 amide bonds. The van der Waals surface area contributed by atoms with E-state index in [-0.39, 0.29) is 0 Å². The summed E-state index contributed by atoms with van der Waals surface area (Å²) in [7, 11) is 0. The van der Waals surface area contributed by atoms with Gasteiger partial charge in [0.1, 0.15) is 0 Å². The number of halogens is 1. The molecule has 0 spiro atoms. The van der Waals surface area contributed by atoms with Crippen molar-refractivity contribution in [2.45, 2.75) is 11.0 Å². The monoisotopic (exact) mass is 232 g/mol. The molecular weight excluding hydrogens is 224 g/mol. The van der Waals surface area contributed by atoms with Gasteiger partial charge in [-0.2, -0.15) is 0 Å². The Balaban J connectivity index is 3.02. The maximum absolute atomic E-state index is 10.5. The summed E-state index contributed by atoms with van der Waals surface area (Å²) in [6, 6.07) is 4.71. The Hall–Kier alpha value is -0.710. The third kappa shape index (κ3) is 2.41. The van der Waals surface area contributed by atoms with Gasteiger partial charge in [0.25, 0.3) is 0 Å². The number of hydrogen-bond donors (Lipinski definition) is 2. The SMILES string of the molecule is CSc1ccc(C(O)C(=O)O)cc1Cl. The average molecular weight is 233 g/mol. The average Bonchev–Trinajstić information content (AvgIpc) is 2.16. The molecule has 0 heterocycles. The van der Waals surface area contributed by atoms with Crippen molar-refractivity contribution in [2.24, 2.45) is 0 Å². The summed E-state index contributed by atoms with van der Waals surface area (Å²) < 4.78 is 0. The molecule has 1 aromatic carbocycles. The van der Waals surface area contributed by atoms with Gasteiger partial charge in [0.2, 0.25) is 0 Å². The van der Waals surface area contributed by atoms with Crippen LogP contribution < -0.4 is 0 Å². The van der Waals surface area contributed by atoms with Crippen LogP contribution in [0.1, 0.15) is 11.7 Å². The van der Waals surface area contributed by atoms with Crippen LogP contribution in [-0.4, -0.2) is 22.4 Å². The largest absolute Gasteiger partial charge is 0.479 e. The molecule has 14 heavy (non-hydrogen) atoms. The van der Waals surface area contributed by atoms with Crippen molar-refractivity contribution >= 4 is 29.3 Å². The first-order valence-electron chi connectivity index (χ1n) is 3.80. The van der Waals surface area contributed by atoms with Gasteiger partial charge in [0.05, 0.1) is 5.02 Å². The number of aliphatic carboxylic acids is 1. The van der Waals surface area contributed by atoms with Gasteiger partial charge in [-0.05, 0) is 24.0 Å². The molecule has 0 aliphatic heterocycles. The highest BCUT2D eigenvalue weighted by Gasteiger charge is 2.16. The number of carboxylic acids is 1. The number of aliphatic hydroxyl groups excluding tert-OH is 1. The number of carbonyl (C=O) groups is 1. The van der Waals surface area contributed by atoms with Gasteiger partial charge >= 0.3 is 5.97 Å². The molecule has 0 bridgehead atoms. The van der Waals surface area contributed by atoms with Gasteiger partial charge in [0, 0.05) is 4.90 Å². The van der Waals surface area contributed by atoms with Crippen molar-refractivity contribution < 1.29 is 15.0 Å². The van der Waals surface area contributed by atoms with E-state index in [1.165, 1.54) is 17.8 Å². The van der Waals surface area contributed by atoms with Gasteiger partial charge in [-0.15, -0.1) is 11.8 Å². The molecule has 0 aromatic heterocycles. The van der Waals surface area contributed by atoms with Crippen LogP contribution in [0, 0.1) is 0 Å². The highest BCUT2D eigenvalue weighted by Crippen LogP contribution is 2.28. The molecule has 0 fully saturated rings. The fourth-order valence-electron chi connectivity index (χ4n) is 0.995. The minimum absolute atomic E-state index is 0.292. The molecule has 3 nitrogen and oxygen atoms in total. The summed E-state index contributed by atoms with van der Waals surface area (Å²) >= 11 is 7.32. The van der Waals surface area contributed by atoms with E-state index in [1.807, 2.05) is 6.26 Å². The van der Waals surface area contributed by atoms with Crippen LogP contribution >= 0.6 is 23.4 Å². The quantitative estimate of drug-likeness (QED) is 0.785. The molecule has 0 aliphatic rings. The molecular formula is C9H9ClO3S. The molecule has 1 aromatic rings. The van der Waals surface area contributed by atoms with Crippen LogP contribution in [0.2, 0.25) is 5.02 Å². The number of thioether (sulfide) groups is 1. The Morgan fingerprint density at radius 2 is 2.21 bits per heavy atom.